The molecule has 2 heterocycles. The van der Waals surface area contributed by atoms with Gasteiger partial charge < -0.3 is 15.5 Å². The standard InChI is InChI=1S/C14H25N3O2/c18-13(17-10-2-1-3-11-17)6-9-16-14(19)12-4-7-15-8-5-12/h12,15H,1-11H2,(H,16,19). The Morgan fingerprint density at radius 3 is 2.47 bits per heavy atom. The quantitative estimate of drug-likeness (QED) is 0.780. The van der Waals surface area contributed by atoms with Gasteiger partial charge in [0.25, 0.3) is 0 Å². The van der Waals surface area contributed by atoms with E-state index in [4.69, 9.17) is 0 Å². The summed E-state index contributed by atoms with van der Waals surface area (Å²) in [6, 6.07) is 0. The molecule has 0 aromatic carbocycles. The molecule has 19 heavy (non-hydrogen) atoms. The van der Waals surface area contributed by atoms with Gasteiger partial charge in [0.05, 0.1) is 0 Å². The lowest BCUT2D eigenvalue weighted by Gasteiger charge is -2.27. The van der Waals surface area contributed by atoms with Gasteiger partial charge in [-0.3, -0.25) is 9.59 Å². The van der Waals surface area contributed by atoms with Crippen LogP contribution in [-0.2, 0) is 9.59 Å². The summed E-state index contributed by atoms with van der Waals surface area (Å²) in [5.74, 6) is 0.435. The van der Waals surface area contributed by atoms with Crippen molar-refractivity contribution in [2.45, 2.75) is 38.5 Å². The first-order valence-corrected chi connectivity index (χ1v) is 7.53. The van der Waals surface area contributed by atoms with Crippen molar-refractivity contribution in [3.05, 3.63) is 0 Å². The highest BCUT2D eigenvalue weighted by Crippen LogP contribution is 2.12. The summed E-state index contributed by atoms with van der Waals surface area (Å²) in [5, 5.41) is 6.15. The summed E-state index contributed by atoms with van der Waals surface area (Å²) >= 11 is 0. The Bertz CT molecular complexity index is 278. The molecule has 0 bridgehead atoms. The number of hydrogen-bond donors (Lipinski definition) is 2. The van der Waals surface area contributed by atoms with Gasteiger partial charge in [-0.15, -0.1) is 0 Å². The summed E-state index contributed by atoms with van der Waals surface area (Å²) in [6.45, 7) is 4.11. The second-order valence-electron chi connectivity index (χ2n) is 5.51. The number of carbonyl (C=O) groups is 2. The van der Waals surface area contributed by atoms with E-state index in [2.05, 4.69) is 10.6 Å². The molecule has 0 unspecified atom stereocenters. The largest absolute Gasteiger partial charge is 0.355 e. The van der Waals surface area contributed by atoms with E-state index in [1.165, 1.54) is 6.42 Å². The number of carbonyl (C=O) groups excluding carboxylic acids is 2. The van der Waals surface area contributed by atoms with Crippen molar-refractivity contribution >= 4 is 11.8 Å². The van der Waals surface area contributed by atoms with E-state index in [1.807, 2.05) is 4.90 Å². The number of piperidine rings is 2. The molecule has 0 aromatic rings. The molecule has 0 aliphatic carbocycles. The van der Waals surface area contributed by atoms with Gasteiger partial charge in [-0.05, 0) is 45.2 Å². The van der Waals surface area contributed by atoms with Gasteiger partial charge in [-0.1, -0.05) is 0 Å². The van der Waals surface area contributed by atoms with Crippen molar-refractivity contribution in [1.29, 1.82) is 0 Å². The van der Waals surface area contributed by atoms with Crippen LogP contribution in [0.25, 0.3) is 0 Å². The Balaban J connectivity index is 1.62. The molecule has 2 aliphatic rings. The molecular weight excluding hydrogens is 242 g/mol. The Labute approximate surface area is 115 Å². The van der Waals surface area contributed by atoms with Crippen LogP contribution in [0.4, 0.5) is 0 Å². The fourth-order valence-corrected chi connectivity index (χ4v) is 2.82. The molecule has 0 aromatic heterocycles. The van der Waals surface area contributed by atoms with Crippen LogP contribution in [0.1, 0.15) is 38.5 Å². The smallest absolute Gasteiger partial charge is 0.224 e. The Morgan fingerprint density at radius 1 is 1.11 bits per heavy atom. The Morgan fingerprint density at radius 2 is 1.79 bits per heavy atom. The lowest BCUT2D eigenvalue weighted by molar-refractivity contribution is -0.132. The van der Waals surface area contributed by atoms with Crippen LogP contribution in [0.15, 0.2) is 0 Å². The molecule has 108 valence electrons. The molecule has 2 amide bonds. The van der Waals surface area contributed by atoms with Crippen molar-refractivity contribution in [2.24, 2.45) is 5.92 Å². The second kappa shape index (κ2) is 7.48. The van der Waals surface area contributed by atoms with Gasteiger partial charge in [-0.25, -0.2) is 0 Å². The summed E-state index contributed by atoms with van der Waals surface area (Å²) in [6.07, 6.45) is 5.73. The normalized spacial score (nSPS) is 21.2. The first-order chi connectivity index (χ1) is 9.27. The van der Waals surface area contributed by atoms with Crippen molar-refractivity contribution in [3.63, 3.8) is 0 Å². The van der Waals surface area contributed by atoms with Gasteiger partial charge in [0, 0.05) is 32.0 Å². The summed E-state index contributed by atoms with van der Waals surface area (Å²) in [7, 11) is 0. The van der Waals surface area contributed by atoms with Crippen molar-refractivity contribution in [1.82, 2.24) is 15.5 Å². The lowest BCUT2D eigenvalue weighted by atomic mass is 9.97. The minimum Gasteiger partial charge on any atom is -0.355 e. The predicted molar refractivity (Wildman–Crippen MR) is 73.7 cm³/mol. The molecule has 0 radical (unpaired) electrons. The van der Waals surface area contributed by atoms with E-state index in [9.17, 15) is 9.59 Å². The summed E-state index contributed by atoms with van der Waals surface area (Å²) in [5.41, 5.74) is 0. The molecule has 5 heteroatoms. The Kier molecular flexibility index (Phi) is 5.63. The fraction of sp³-hybridized carbons (Fsp3) is 0.857. The van der Waals surface area contributed by atoms with Crippen LogP contribution in [0, 0.1) is 5.92 Å². The minimum absolute atomic E-state index is 0.118. The number of nitrogens with zero attached hydrogens (tertiary/aromatic N) is 1. The van der Waals surface area contributed by atoms with Gasteiger partial charge in [0.15, 0.2) is 0 Å². The van der Waals surface area contributed by atoms with E-state index >= 15 is 0 Å². The van der Waals surface area contributed by atoms with Crippen LogP contribution in [0.3, 0.4) is 0 Å². The third-order valence-electron chi connectivity index (χ3n) is 4.06. The van der Waals surface area contributed by atoms with Crippen LogP contribution in [-0.4, -0.2) is 49.4 Å². The number of rotatable bonds is 4. The van der Waals surface area contributed by atoms with Gasteiger partial charge in [-0.2, -0.15) is 0 Å². The molecule has 0 atom stereocenters. The first kappa shape index (κ1) is 14.3. The predicted octanol–water partition coefficient (Wildman–Crippen LogP) is 0.505. The maximum Gasteiger partial charge on any atom is 0.224 e. The number of likely N-dealkylation sites (tertiary alicyclic amines) is 1. The van der Waals surface area contributed by atoms with E-state index in [1.54, 1.807) is 0 Å². The zero-order chi connectivity index (χ0) is 13.5. The molecule has 0 saturated carbocycles. The average molecular weight is 267 g/mol. The SMILES string of the molecule is O=C(NCCC(=O)N1CCCCC1)C1CCNCC1. The Hall–Kier alpha value is -1.10. The summed E-state index contributed by atoms with van der Waals surface area (Å²) in [4.78, 5) is 25.7. The highest BCUT2D eigenvalue weighted by Gasteiger charge is 2.21. The molecular formula is C14H25N3O2. The highest BCUT2D eigenvalue weighted by molar-refractivity contribution is 5.80. The van der Waals surface area contributed by atoms with Gasteiger partial charge >= 0.3 is 0 Å². The molecule has 2 aliphatic heterocycles. The zero-order valence-electron chi connectivity index (χ0n) is 11.6. The topological polar surface area (TPSA) is 61.4 Å². The summed E-state index contributed by atoms with van der Waals surface area (Å²) < 4.78 is 0. The van der Waals surface area contributed by atoms with E-state index in [-0.39, 0.29) is 17.7 Å². The zero-order valence-corrected chi connectivity index (χ0v) is 11.6. The van der Waals surface area contributed by atoms with Gasteiger partial charge in [0.2, 0.25) is 11.8 Å². The van der Waals surface area contributed by atoms with Crippen LogP contribution >= 0.6 is 0 Å². The van der Waals surface area contributed by atoms with Crippen LogP contribution in [0.2, 0.25) is 0 Å². The average Bonchev–Trinajstić information content (AvgIpc) is 2.49. The number of hydrogen-bond acceptors (Lipinski definition) is 3. The first-order valence-electron chi connectivity index (χ1n) is 7.53. The second-order valence-corrected chi connectivity index (χ2v) is 5.51. The fourth-order valence-electron chi connectivity index (χ4n) is 2.82. The molecule has 2 fully saturated rings. The third kappa shape index (κ3) is 4.49. The maximum atomic E-state index is 11.9. The maximum absolute atomic E-state index is 11.9. The molecule has 2 N–H and O–H groups in total. The lowest BCUT2D eigenvalue weighted by Crippen LogP contribution is -2.41. The highest BCUT2D eigenvalue weighted by atomic mass is 16.2. The molecule has 2 saturated heterocycles. The number of nitrogens with one attached hydrogen (secondary N) is 2. The van der Waals surface area contributed by atoms with Crippen molar-refractivity contribution in [2.75, 3.05) is 32.7 Å². The number of amides is 2. The third-order valence-corrected chi connectivity index (χ3v) is 4.06. The van der Waals surface area contributed by atoms with E-state index in [0.29, 0.717) is 13.0 Å². The molecule has 0 spiro atoms. The van der Waals surface area contributed by atoms with E-state index in [0.717, 1.165) is 51.9 Å². The van der Waals surface area contributed by atoms with Crippen molar-refractivity contribution in [3.8, 4) is 0 Å². The van der Waals surface area contributed by atoms with Crippen LogP contribution < -0.4 is 10.6 Å². The monoisotopic (exact) mass is 267 g/mol. The molecule has 5 nitrogen and oxygen atoms in total. The van der Waals surface area contributed by atoms with Crippen LogP contribution in [0.5, 0.6) is 0 Å². The molecule has 2 rings (SSSR count). The van der Waals surface area contributed by atoms with Gasteiger partial charge in [0.1, 0.15) is 0 Å². The van der Waals surface area contributed by atoms with Crippen molar-refractivity contribution < 1.29 is 9.59 Å². The van der Waals surface area contributed by atoms with E-state index < -0.39 is 0 Å². The minimum atomic E-state index is 0.118.